The van der Waals surface area contributed by atoms with Gasteiger partial charge in [0.2, 0.25) is 17.3 Å². The second kappa shape index (κ2) is 9.80. The van der Waals surface area contributed by atoms with Gasteiger partial charge in [-0.15, -0.1) is 0 Å². The molecule has 2 amide bonds. The third kappa shape index (κ3) is 4.96. The summed E-state index contributed by atoms with van der Waals surface area (Å²) in [5.41, 5.74) is 3.95. The zero-order valence-corrected chi connectivity index (χ0v) is 20.8. The maximum absolute atomic E-state index is 11.4. The van der Waals surface area contributed by atoms with Crippen molar-refractivity contribution < 1.29 is 14.2 Å². The van der Waals surface area contributed by atoms with Crippen molar-refractivity contribution in [1.29, 1.82) is 0 Å². The fraction of sp³-hybridized carbons (Fsp3) is 0.240. The number of benzene rings is 2. The van der Waals surface area contributed by atoms with E-state index in [1.165, 1.54) is 13.8 Å². The third-order valence-electron chi connectivity index (χ3n) is 5.21. The summed E-state index contributed by atoms with van der Waals surface area (Å²) < 4.78 is 3.42. The average molecular weight is 480 g/mol. The molecule has 1 aliphatic heterocycles. The highest BCUT2D eigenvalue weighted by Crippen LogP contribution is 2.46. The number of rotatable bonds is 6. The maximum atomic E-state index is 11.4. The van der Waals surface area contributed by atoms with Crippen molar-refractivity contribution in [3.8, 4) is 0 Å². The number of thiazole rings is 1. The van der Waals surface area contributed by atoms with Gasteiger partial charge in [0.15, 0.2) is 0 Å². The van der Waals surface area contributed by atoms with Crippen LogP contribution in [0.15, 0.2) is 58.5 Å². The van der Waals surface area contributed by atoms with Gasteiger partial charge in [-0.25, -0.2) is 0 Å². The summed E-state index contributed by atoms with van der Waals surface area (Å²) in [4.78, 5) is 26.2. The molecular weight excluding hydrogens is 452 g/mol. The molecule has 0 atom stereocenters. The van der Waals surface area contributed by atoms with E-state index in [4.69, 9.17) is 0 Å². The van der Waals surface area contributed by atoms with Gasteiger partial charge < -0.3 is 15.5 Å². The summed E-state index contributed by atoms with van der Waals surface area (Å²) in [6.07, 6.45) is 6.37. The number of thioether (sulfide) groups is 1. The van der Waals surface area contributed by atoms with E-state index in [2.05, 4.69) is 64.3 Å². The number of nitrogens with zero attached hydrogens (tertiary/aromatic N) is 2. The third-order valence-corrected chi connectivity index (χ3v) is 7.44. The van der Waals surface area contributed by atoms with Crippen molar-refractivity contribution in [2.24, 2.45) is 0 Å². The molecule has 8 heteroatoms. The predicted octanol–water partition coefficient (Wildman–Crippen LogP) is 5.61. The molecule has 0 radical (unpaired) electrons. The molecule has 4 rings (SSSR count). The number of fused-ring (bicyclic) bond motifs is 2. The summed E-state index contributed by atoms with van der Waals surface area (Å²) in [5, 5.41) is 8.02. The van der Waals surface area contributed by atoms with E-state index in [1.807, 2.05) is 24.3 Å². The summed E-state index contributed by atoms with van der Waals surface area (Å²) in [7, 11) is 0. The molecule has 2 N–H and O–H groups in total. The molecule has 0 saturated heterocycles. The number of carbonyl (C=O) groups excluding carboxylic acids is 2. The smallest absolute Gasteiger partial charge is 0.262 e. The van der Waals surface area contributed by atoms with Crippen LogP contribution in [0.3, 0.4) is 0 Å². The number of hydrogen-bond acceptors (Lipinski definition) is 5. The van der Waals surface area contributed by atoms with Crippen molar-refractivity contribution in [2.45, 2.75) is 39.1 Å². The van der Waals surface area contributed by atoms with Gasteiger partial charge in [-0.3, -0.25) is 9.59 Å². The standard InChI is InChI=1S/C25H26N4O2S2/c1-5-28-20-12-10-18(26-16(3)30)14-22(20)32-24(28)8-7-9-25-29(6-2)21-13-11-19(27-17(4)31)15-23(21)33-25/h7-15H,5-6H2,1-4H3,(H-,26,27,30,31)/p+1. The van der Waals surface area contributed by atoms with E-state index in [9.17, 15) is 9.59 Å². The molecule has 0 saturated carbocycles. The molecule has 0 unspecified atom stereocenters. The first-order valence-corrected chi connectivity index (χ1v) is 12.5. The van der Waals surface area contributed by atoms with E-state index in [-0.39, 0.29) is 11.8 Å². The zero-order chi connectivity index (χ0) is 23.5. The van der Waals surface area contributed by atoms with Gasteiger partial charge in [0.25, 0.3) is 5.01 Å². The fourth-order valence-corrected chi connectivity index (χ4v) is 6.24. The van der Waals surface area contributed by atoms with Crippen LogP contribution in [0, 0.1) is 0 Å². The second-order valence-electron chi connectivity index (χ2n) is 7.62. The minimum Gasteiger partial charge on any atom is -0.335 e. The number of aromatic nitrogens is 1. The molecule has 0 fully saturated rings. The van der Waals surface area contributed by atoms with Gasteiger partial charge in [-0.05, 0) is 50.3 Å². The normalized spacial score (nSPS) is 14.3. The Balaban J connectivity index is 1.60. The number of amides is 2. The first-order chi connectivity index (χ1) is 15.9. The lowest BCUT2D eigenvalue weighted by Crippen LogP contribution is -2.33. The summed E-state index contributed by atoms with van der Waals surface area (Å²) in [5.74, 6) is -0.137. The van der Waals surface area contributed by atoms with Crippen LogP contribution in [-0.2, 0) is 16.1 Å². The van der Waals surface area contributed by atoms with Crippen LogP contribution in [0.5, 0.6) is 0 Å². The Labute approximate surface area is 202 Å². The molecule has 2 heterocycles. The van der Waals surface area contributed by atoms with Crippen molar-refractivity contribution in [1.82, 2.24) is 0 Å². The minimum atomic E-state index is -0.0687. The predicted molar refractivity (Wildman–Crippen MR) is 139 cm³/mol. The highest BCUT2D eigenvalue weighted by molar-refractivity contribution is 8.03. The monoisotopic (exact) mass is 479 g/mol. The highest BCUT2D eigenvalue weighted by atomic mass is 32.2. The Kier molecular flexibility index (Phi) is 6.85. The molecule has 6 nitrogen and oxygen atoms in total. The fourth-order valence-electron chi connectivity index (χ4n) is 3.89. The van der Waals surface area contributed by atoms with Gasteiger partial charge in [-0.1, -0.05) is 29.2 Å². The SMILES string of the molecule is CCN1/C(=C/C=C/c2sc3cc(NC(C)=O)ccc3[n+]2CC)Sc2cc(NC(C)=O)ccc21. The topological polar surface area (TPSA) is 65.3 Å². The molecule has 33 heavy (non-hydrogen) atoms. The van der Waals surface area contributed by atoms with E-state index in [0.717, 1.165) is 55.3 Å². The van der Waals surface area contributed by atoms with Crippen LogP contribution in [0.4, 0.5) is 17.1 Å². The lowest BCUT2D eigenvalue weighted by atomic mass is 10.2. The molecular formula is C25H27N4O2S2+. The van der Waals surface area contributed by atoms with Crippen molar-refractivity contribution >= 4 is 68.3 Å². The van der Waals surface area contributed by atoms with Crippen LogP contribution in [0.2, 0.25) is 0 Å². The van der Waals surface area contributed by atoms with E-state index >= 15 is 0 Å². The molecule has 0 aliphatic carbocycles. The van der Waals surface area contributed by atoms with Gasteiger partial charge >= 0.3 is 0 Å². The Morgan fingerprint density at radius 3 is 2.39 bits per heavy atom. The van der Waals surface area contributed by atoms with Crippen LogP contribution >= 0.6 is 23.1 Å². The molecule has 170 valence electrons. The van der Waals surface area contributed by atoms with Crippen molar-refractivity contribution in [2.75, 3.05) is 22.1 Å². The number of aryl methyl sites for hydroxylation is 1. The quantitative estimate of drug-likeness (QED) is 0.451. The molecule has 1 aliphatic rings. The molecule has 1 aromatic heterocycles. The number of hydrogen-bond donors (Lipinski definition) is 2. The number of nitrogens with one attached hydrogen (secondary N) is 2. The van der Waals surface area contributed by atoms with Gasteiger partial charge in [0.05, 0.1) is 10.7 Å². The molecule has 0 spiro atoms. The van der Waals surface area contributed by atoms with E-state index in [1.54, 1.807) is 23.1 Å². The van der Waals surface area contributed by atoms with Gasteiger partial charge in [-0.2, -0.15) is 4.57 Å². The largest absolute Gasteiger partial charge is 0.335 e. The Bertz CT molecular complexity index is 1290. The Morgan fingerprint density at radius 1 is 1.03 bits per heavy atom. The van der Waals surface area contributed by atoms with Gasteiger partial charge in [0.1, 0.15) is 11.2 Å². The molecule has 0 bridgehead atoms. The maximum Gasteiger partial charge on any atom is 0.262 e. The van der Waals surface area contributed by atoms with Crippen molar-refractivity contribution in [3.63, 3.8) is 0 Å². The van der Waals surface area contributed by atoms with Crippen LogP contribution in [0.1, 0.15) is 32.7 Å². The Morgan fingerprint density at radius 2 is 1.73 bits per heavy atom. The second-order valence-corrected chi connectivity index (χ2v) is 9.75. The van der Waals surface area contributed by atoms with Crippen LogP contribution in [0.25, 0.3) is 16.3 Å². The molecule has 3 aromatic rings. The average Bonchev–Trinajstić information content (AvgIpc) is 3.28. The molecule has 2 aromatic carbocycles. The number of carbonyl (C=O) groups is 2. The first kappa shape index (κ1) is 23.1. The summed E-state index contributed by atoms with van der Waals surface area (Å²) in [6.45, 7) is 9.04. The zero-order valence-electron chi connectivity index (χ0n) is 19.1. The van der Waals surface area contributed by atoms with E-state index < -0.39 is 0 Å². The minimum absolute atomic E-state index is 0.0687. The van der Waals surface area contributed by atoms with Crippen LogP contribution in [-0.4, -0.2) is 18.4 Å². The highest BCUT2D eigenvalue weighted by Gasteiger charge is 2.24. The number of anilines is 3. The Hall–Kier alpha value is -3.10. The lowest BCUT2D eigenvalue weighted by molar-refractivity contribution is -0.665. The van der Waals surface area contributed by atoms with Gasteiger partial charge in [0, 0.05) is 48.8 Å². The summed E-state index contributed by atoms with van der Waals surface area (Å²) >= 11 is 3.42. The van der Waals surface area contributed by atoms with Crippen molar-refractivity contribution in [3.05, 3.63) is 58.6 Å². The lowest BCUT2D eigenvalue weighted by Gasteiger charge is -2.17. The summed E-state index contributed by atoms with van der Waals surface area (Å²) in [6, 6.07) is 12.1. The van der Waals surface area contributed by atoms with E-state index in [0.29, 0.717) is 0 Å². The van der Waals surface area contributed by atoms with Crippen LogP contribution < -0.4 is 20.1 Å². The number of allylic oxidation sites excluding steroid dienone is 2. The first-order valence-electron chi connectivity index (χ1n) is 10.9.